The minimum Gasteiger partial charge on any atom is -0.0616 e. The molecule has 0 aliphatic heterocycles. The Kier molecular flexibility index (Phi) is 3.27. The molecule has 0 nitrogen and oxygen atoms in total. The summed E-state index contributed by atoms with van der Waals surface area (Å²) in [7, 11) is 0. The predicted molar refractivity (Wildman–Crippen MR) is 121 cm³/mol. The van der Waals surface area contributed by atoms with Crippen molar-refractivity contribution in [2.75, 3.05) is 0 Å². The average molecular weight is 354 g/mol. The molecular formula is C28H18. The van der Waals surface area contributed by atoms with Crippen molar-refractivity contribution in [3.8, 4) is 22.3 Å². The van der Waals surface area contributed by atoms with E-state index in [9.17, 15) is 0 Å². The third kappa shape index (κ3) is 2.18. The first-order valence-electron chi connectivity index (χ1n) is 9.71. The molecule has 1 aliphatic rings. The monoisotopic (exact) mass is 354 g/mol. The van der Waals surface area contributed by atoms with E-state index in [-0.39, 0.29) is 0 Å². The molecule has 0 fully saturated rings. The Morgan fingerprint density at radius 1 is 0.250 bits per heavy atom. The summed E-state index contributed by atoms with van der Waals surface area (Å²) in [4.78, 5) is 0. The van der Waals surface area contributed by atoms with Gasteiger partial charge in [0.1, 0.15) is 0 Å². The number of hydrogen-bond acceptors (Lipinski definition) is 0. The molecule has 0 atom stereocenters. The maximum Gasteiger partial charge on any atom is -0.00268 e. The molecule has 0 unspecified atom stereocenters. The van der Waals surface area contributed by atoms with Crippen LogP contribution in [0.2, 0.25) is 0 Å². The lowest BCUT2D eigenvalue weighted by atomic mass is 9.81. The summed E-state index contributed by atoms with van der Waals surface area (Å²) in [5.41, 5.74) is 5.59. The van der Waals surface area contributed by atoms with Gasteiger partial charge in [-0.3, -0.25) is 0 Å². The van der Waals surface area contributed by atoms with Crippen LogP contribution in [0.3, 0.4) is 0 Å². The van der Waals surface area contributed by atoms with Crippen molar-refractivity contribution in [1.82, 2.24) is 0 Å². The predicted octanol–water partition coefficient (Wildman–Crippen LogP) is 7.92. The van der Waals surface area contributed by atoms with Gasteiger partial charge in [0, 0.05) is 0 Å². The van der Waals surface area contributed by atoms with Crippen LogP contribution in [-0.2, 0) is 0 Å². The molecule has 0 radical (unpaired) electrons. The summed E-state index contributed by atoms with van der Waals surface area (Å²) in [6, 6.07) is 38.9. The Hall–Kier alpha value is -3.64. The van der Waals surface area contributed by atoms with Crippen LogP contribution in [0.25, 0.3) is 54.6 Å². The van der Waals surface area contributed by atoms with Crippen molar-refractivity contribution in [1.29, 1.82) is 0 Å². The van der Waals surface area contributed by atoms with Crippen molar-refractivity contribution < 1.29 is 0 Å². The van der Waals surface area contributed by atoms with E-state index in [0.29, 0.717) is 0 Å². The second-order valence-electron chi connectivity index (χ2n) is 7.38. The van der Waals surface area contributed by atoms with Gasteiger partial charge in [-0.15, -0.1) is 0 Å². The van der Waals surface area contributed by atoms with Gasteiger partial charge in [-0.05, 0) is 54.6 Å². The molecule has 6 aromatic rings. The van der Waals surface area contributed by atoms with Gasteiger partial charge < -0.3 is 0 Å². The van der Waals surface area contributed by atoms with Crippen molar-refractivity contribution in [2.24, 2.45) is 0 Å². The van der Waals surface area contributed by atoms with Crippen LogP contribution in [0.1, 0.15) is 0 Å². The van der Waals surface area contributed by atoms with Gasteiger partial charge in [0.25, 0.3) is 0 Å². The summed E-state index contributed by atoms with van der Waals surface area (Å²) in [6.45, 7) is 0. The first-order valence-corrected chi connectivity index (χ1v) is 9.71. The van der Waals surface area contributed by atoms with Crippen molar-refractivity contribution in [3.63, 3.8) is 0 Å². The summed E-state index contributed by atoms with van der Waals surface area (Å²) in [5.74, 6) is 0. The molecule has 0 heteroatoms. The normalized spacial score (nSPS) is 11.6. The standard InChI is InChI=1S/C16H10.C12H8/c1-3-11-7-9-13-5-2-6-14-10-8-12(4-1)15(11)16(13)14;1-2-6-10-9(5-1)11-7-3-4-8-12(10)11/h1-10H;1-8H. The molecule has 0 bridgehead atoms. The minimum absolute atomic E-state index is 1.34. The molecule has 0 spiro atoms. The van der Waals surface area contributed by atoms with Crippen molar-refractivity contribution in [3.05, 3.63) is 109 Å². The largest absolute Gasteiger partial charge is 0.0616 e. The summed E-state index contributed by atoms with van der Waals surface area (Å²) in [6.07, 6.45) is 0. The van der Waals surface area contributed by atoms with Gasteiger partial charge in [-0.1, -0.05) is 109 Å². The molecule has 6 aromatic carbocycles. The van der Waals surface area contributed by atoms with E-state index in [1.165, 1.54) is 54.6 Å². The lowest BCUT2D eigenvalue weighted by molar-refractivity contribution is 1.52. The third-order valence-corrected chi connectivity index (χ3v) is 5.83. The van der Waals surface area contributed by atoms with Gasteiger partial charge in [-0.25, -0.2) is 0 Å². The van der Waals surface area contributed by atoms with Crippen LogP contribution in [0.15, 0.2) is 109 Å². The Morgan fingerprint density at radius 2 is 0.536 bits per heavy atom. The molecule has 28 heavy (non-hydrogen) atoms. The summed E-state index contributed by atoms with van der Waals surface area (Å²) >= 11 is 0. The zero-order valence-electron chi connectivity index (χ0n) is 15.4. The van der Waals surface area contributed by atoms with Crippen LogP contribution in [0.4, 0.5) is 0 Å². The van der Waals surface area contributed by atoms with Gasteiger partial charge >= 0.3 is 0 Å². The molecular weight excluding hydrogens is 336 g/mol. The average Bonchev–Trinajstić information content (AvgIpc) is 2.76. The highest BCUT2D eigenvalue weighted by atomic mass is 14.2. The van der Waals surface area contributed by atoms with E-state index in [2.05, 4.69) is 109 Å². The third-order valence-electron chi connectivity index (χ3n) is 5.83. The van der Waals surface area contributed by atoms with Crippen LogP contribution >= 0.6 is 0 Å². The maximum absolute atomic E-state index is 2.21. The molecule has 0 saturated heterocycles. The van der Waals surface area contributed by atoms with E-state index in [0.717, 1.165) is 0 Å². The fourth-order valence-electron chi connectivity index (χ4n) is 4.51. The second kappa shape index (κ2) is 5.94. The first-order chi connectivity index (χ1) is 13.9. The maximum atomic E-state index is 2.21. The quantitative estimate of drug-likeness (QED) is 0.243. The SMILES string of the molecule is c1cc2ccc3cccc4ccc(c1)c2c34.c1ccc2c(c1)-c1ccccc1-2. The lowest BCUT2D eigenvalue weighted by Crippen LogP contribution is -1.96. The minimum atomic E-state index is 1.34. The summed E-state index contributed by atoms with van der Waals surface area (Å²) in [5, 5.41) is 8.14. The van der Waals surface area contributed by atoms with Crippen molar-refractivity contribution >= 4 is 32.3 Å². The number of benzene rings is 6. The van der Waals surface area contributed by atoms with Gasteiger partial charge in [0.2, 0.25) is 0 Å². The zero-order chi connectivity index (χ0) is 18.5. The Morgan fingerprint density at radius 3 is 0.821 bits per heavy atom. The van der Waals surface area contributed by atoms with Crippen LogP contribution < -0.4 is 0 Å². The smallest absolute Gasteiger partial charge is 0.00268 e. The van der Waals surface area contributed by atoms with E-state index in [1.807, 2.05) is 0 Å². The highest BCUT2D eigenvalue weighted by Gasteiger charge is 2.19. The van der Waals surface area contributed by atoms with E-state index < -0.39 is 0 Å². The summed E-state index contributed by atoms with van der Waals surface area (Å²) < 4.78 is 0. The topological polar surface area (TPSA) is 0 Å². The van der Waals surface area contributed by atoms with E-state index >= 15 is 0 Å². The number of hydrogen-bond donors (Lipinski definition) is 0. The lowest BCUT2D eigenvalue weighted by Gasteiger charge is -2.22. The fourth-order valence-corrected chi connectivity index (χ4v) is 4.51. The van der Waals surface area contributed by atoms with E-state index in [1.54, 1.807) is 0 Å². The molecule has 0 N–H and O–H groups in total. The highest BCUT2D eigenvalue weighted by molar-refractivity contribution is 6.22. The molecule has 7 rings (SSSR count). The first kappa shape index (κ1) is 15.4. The molecule has 0 heterocycles. The van der Waals surface area contributed by atoms with Gasteiger partial charge in [0.05, 0.1) is 0 Å². The van der Waals surface area contributed by atoms with Gasteiger partial charge in [-0.2, -0.15) is 0 Å². The van der Waals surface area contributed by atoms with Gasteiger partial charge in [0.15, 0.2) is 0 Å². The van der Waals surface area contributed by atoms with Crippen molar-refractivity contribution in [2.45, 2.75) is 0 Å². The fraction of sp³-hybridized carbons (Fsp3) is 0. The molecule has 1 aliphatic carbocycles. The highest BCUT2D eigenvalue weighted by Crippen LogP contribution is 2.46. The molecule has 0 saturated carbocycles. The Bertz CT molecular complexity index is 1230. The molecule has 130 valence electrons. The molecule has 0 amide bonds. The number of fused-ring (bicyclic) bond motifs is 4. The van der Waals surface area contributed by atoms with Crippen LogP contribution in [-0.4, -0.2) is 0 Å². The van der Waals surface area contributed by atoms with E-state index in [4.69, 9.17) is 0 Å². The molecule has 0 aromatic heterocycles. The number of rotatable bonds is 0. The zero-order valence-corrected chi connectivity index (χ0v) is 15.4. The Labute approximate surface area is 164 Å². The van der Waals surface area contributed by atoms with Crippen LogP contribution in [0, 0.1) is 0 Å². The Balaban J connectivity index is 0.000000116. The second-order valence-corrected chi connectivity index (χ2v) is 7.38. The van der Waals surface area contributed by atoms with Crippen LogP contribution in [0.5, 0.6) is 0 Å².